The van der Waals surface area contributed by atoms with E-state index in [0.717, 1.165) is 27.8 Å². The second-order valence-corrected chi connectivity index (χ2v) is 8.46. The first kappa shape index (κ1) is 21.6. The minimum Gasteiger partial charge on any atom is -0.507 e. The van der Waals surface area contributed by atoms with Crippen molar-refractivity contribution in [3.8, 4) is 0 Å². The fraction of sp³-hybridized carbons (Fsp3) is 0.214. The Morgan fingerprint density at radius 3 is 2.22 bits per heavy atom. The lowest BCUT2D eigenvalue weighted by Crippen LogP contribution is -2.31. The predicted molar refractivity (Wildman–Crippen MR) is 126 cm³/mol. The molecular formula is C28H27NO3. The SMILES string of the molecule is Cc1ccc(C2/C(=C(\O)c3cc(C)ccc3C)C(=O)C(=O)N2CCc2ccccc2)cc1. The van der Waals surface area contributed by atoms with Crippen LogP contribution in [0.1, 0.15) is 39.4 Å². The molecule has 1 aliphatic heterocycles. The van der Waals surface area contributed by atoms with Gasteiger partial charge in [0.15, 0.2) is 0 Å². The Kier molecular flexibility index (Phi) is 5.95. The van der Waals surface area contributed by atoms with Crippen LogP contribution in [0.4, 0.5) is 0 Å². The van der Waals surface area contributed by atoms with E-state index in [-0.39, 0.29) is 11.3 Å². The van der Waals surface area contributed by atoms with Gasteiger partial charge in [0.2, 0.25) is 0 Å². The first-order valence-corrected chi connectivity index (χ1v) is 10.8. The summed E-state index contributed by atoms with van der Waals surface area (Å²) in [6, 6.07) is 22.8. The summed E-state index contributed by atoms with van der Waals surface area (Å²) >= 11 is 0. The van der Waals surface area contributed by atoms with Crippen molar-refractivity contribution in [1.29, 1.82) is 0 Å². The Morgan fingerprint density at radius 1 is 0.875 bits per heavy atom. The van der Waals surface area contributed by atoms with Crippen molar-refractivity contribution in [3.63, 3.8) is 0 Å². The van der Waals surface area contributed by atoms with Crippen molar-refractivity contribution in [2.75, 3.05) is 6.54 Å². The molecule has 1 atom stereocenters. The molecule has 1 heterocycles. The van der Waals surface area contributed by atoms with Gasteiger partial charge in [0, 0.05) is 12.1 Å². The Morgan fingerprint density at radius 2 is 1.53 bits per heavy atom. The molecule has 1 amide bonds. The molecule has 4 nitrogen and oxygen atoms in total. The van der Waals surface area contributed by atoms with Gasteiger partial charge in [-0.3, -0.25) is 9.59 Å². The summed E-state index contributed by atoms with van der Waals surface area (Å²) in [6.07, 6.45) is 0.625. The van der Waals surface area contributed by atoms with Gasteiger partial charge in [0.05, 0.1) is 11.6 Å². The monoisotopic (exact) mass is 425 g/mol. The molecule has 3 aromatic rings. The second kappa shape index (κ2) is 8.83. The zero-order valence-electron chi connectivity index (χ0n) is 18.6. The number of hydrogen-bond acceptors (Lipinski definition) is 3. The summed E-state index contributed by atoms with van der Waals surface area (Å²) in [7, 11) is 0. The highest BCUT2D eigenvalue weighted by Gasteiger charge is 2.45. The zero-order chi connectivity index (χ0) is 22.8. The van der Waals surface area contributed by atoms with Gasteiger partial charge < -0.3 is 10.0 Å². The van der Waals surface area contributed by atoms with E-state index in [1.54, 1.807) is 4.90 Å². The minimum absolute atomic E-state index is 0.114. The van der Waals surface area contributed by atoms with Crippen LogP contribution >= 0.6 is 0 Å². The lowest BCUT2D eigenvalue weighted by atomic mass is 9.93. The van der Waals surface area contributed by atoms with Crippen LogP contribution in [-0.2, 0) is 16.0 Å². The average Bonchev–Trinajstić information content (AvgIpc) is 3.05. The third kappa shape index (κ3) is 4.09. The highest BCUT2D eigenvalue weighted by molar-refractivity contribution is 6.46. The number of ketones is 1. The number of carbonyl (C=O) groups is 2. The summed E-state index contributed by atoms with van der Waals surface area (Å²) in [5, 5.41) is 11.3. The van der Waals surface area contributed by atoms with E-state index in [2.05, 4.69) is 0 Å². The maximum atomic E-state index is 13.2. The topological polar surface area (TPSA) is 57.6 Å². The molecule has 1 saturated heterocycles. The Hall–Kier alpha value is -3.66. The molecule has 1 fully saturated rings. The predicted octanol–water partition coefficient (Wildman–Crippen LogP) is 5.28. The molecule has 162 valence electrons. The Bertz CT molecular complexity index is 1190. The summed E-state index contributed by atoms with van der Waals surface area (Å²) < 4.78 is 0. The molecule has 1 unspecified atom stereocenters. The number of aryl methyl sites for hydroxylation is 3. The van der Waals surface area contributed by atoms with Crippen LogP contribution in [-0.4, -0.2) is 28.2 Å². The van der Waals surface area contributed by atoms with Crippen molar-refractivity contribution in [1.82, 2.24) is 4.90 Å². The quantitative estimate of drug-likeness (QED) is 0.344. The third-order valence-electron chi connectivity index (χ3n) is 6.07. The van der Waals surface area contributed by atoms with Crippen LogP contribution in [0.25, 0.3) is 5.76 Å². The number of hydrogen-bond donors (Lipinski definition) is 1. The molecule has 32 heavy (non-hydrogen) atoms. The van der Waals surface area contributed by atoms with Gasteiger partial charge in [-0.25, -0.2) is 0 Å². The number of carbonyl (C=O) groups excluding carboxylic acids is 2. The molecule has 0 spiro atoms. The number of Topliss-reactive ketones (excluding diaryl/α,β-unsaturated/α-hetero) is 1. The number of nitrogens with zero attached hydrogens (tertiary/aromatic N) is 1. The van der Waals surface area contributed by atoms with Gasteiger partial charge in [-0.2, -0.15) is 0 Å². The number of aliphatic hydroxyl groups excluding tert-OH is 1. The highest BCUT2D eigenvalue weighted by atomic mass is 16.3. The van der Waals surface area contributed by atoms with Crippen molar-refractivity contribution in [2.45, 2.75) is 33.2 Å². The van der Waals surface area contributed by atoms with E-state index in [9.17, 15) is 14.7 Å². The van der Waals surface area contributed by atoms with Crippen molar-refractivity contribution < 1.29 is 14.7 Å². The third-order valence-corrected chi connectivity index (χ3v) is 6.07. The van der Waals surface area contributed by atoms with Crippen LogP contribution in [0.5, 0.6) is 0 Å². The summed E-state index contributed by atoms with van der Waals surface area (Å²) in [6.45, 7) is 6.20. The standard InChI is InChI=1S/C28H27NO3/c1-18-10-13-22(14-11-18)25-24(26(30)23-17-19(2)9-12-20(23)3)27(31)28(32)29(25)16-15-21-7-5-4-6-8-21/h4-14,17,25,30H,15-16H2,1-3H3/b26-24+. The molecule has 0 aromatic heterocycles. The maximum Gasteiger partial charge on any atom is 0.295 e. The summed E-state index contributed by atoms with van der Waals surface area (Å²) in [5.74, 6) is -1.32. The summed E-state index contributed by atoms with van der Waals surface area (Å²) in [5.41, 5.74) is 5.56. The van der Waals surface area contributed by atoms with Gasteiger partial charge >= 0.3 is 0 Å². The van der Waals surface area contributed by atoms with Gasteiger partial charge in [0.25, 0.3) is 11.7 Å². The normalized spacial score (nSPS) is 17.7. The molecule has 4 heteroatoms. The second-order valence-electron chi connectivity index (χ2n) is 8.46. The van der Waals surface area contributed by atoms with Crippen LogP contribution in [0.3, 0.4) is 0 Å². The van der Waals surface area contributed by atoms with E-state index in [4.69, 9.17) is 0 Å². The van der Waals surface area contributed by atoms with Crippen molar-refractivity contribution in [2.24, 2.45) is 0 Å². The fourth-order valence-electron chi connectivity index (χ4n) is 4.24. The molecule has 3 aromatic carbocycles. The Balaban J connectivity index is 1.82. The van der Waals surface area contributed by atoms with Crippen molar-refractivity contribution in [3.05, 3.63) is 112 Å². The molecule has 0 bridgehead atoms. The molecule has 4 rings (SSSR count). The number of aliphatic hydroxyl groups is 1. The zero-order valence-corrected chi connectivity index (χ0v) is 18.6. The first-order chi connectivity index (χ1) is 15.4. The smallest absolute Gasteiger partial charge is 0.295 e. The first-order valence-electron chi connectivity index (χ1n) is 10.8. The van der Waals surface area contributed by atoms with E-state index in [0.29, 0.717) is 18.5 Å². The van der Waals surface area contributed by atoms with Gasteiger partial charge in [-0.1, -0.05) is 77.9 Å². The van der Waals surface area contributed by atoms with E-state index in [1.165, 1.54) is 0 Å². The van der Waals surface area contributed by atoms with Crippen LogP contribution in [0.2, 0.25) is 0 Å². The van der Waals surface area contributed by atoms with Crippen LogP contribution < -0.4 is 0 Å². The van der Waals surface area contributed by atoms with E-state index in [1.807, 2.05) is 93.6 Å². The van der Waals surface area contributed by atoms with Crippen molar-refractivity contribution >= 4 is 17.4 Å². The molecule has 1 N–H and O–H groups in total. The molecule has 0 radical (unpaired) electrons. The molecule has 0 saturated carbocycles. The number of amides is 1. The number of likely N-dealkylation sites (tertiary alicyclic amines) is 1. The number of benzene rings is 3. The van der Waals surface area contributed by atoms with E-state index < -0.39 is 17.7 Å². The molecule has 1 aliphatic rings. The average molecular weight is 426 g/mol. The van der Waals surface area contributed by atoms with Crippen LogP contribution in [0, 0.1) is 20.8 Å². The van der Waals surface area contributed by atoms with Gasteiger partial charge in [0.1, 0.15) is 5.76 Å². The summed E-state index contributed by atoms with van der Waals surface area (Å²) in [4.78, 5) is 27.9. The maximum absolute atomic E-state index is 13.2. The van der Waals surface area contributed by atoms with E-state index >= 15 is 0 Å². The fourth-order valence-corrected chi connectivity index (χ4v) is 4.24. The largest absolute Gasteiger partial charge is 0.507 e. The van der Waals surface area contributed by atoms with Gasteiger partial charge in [-0.05, 0) is 49.9 Å². The van der Waals surface area contributed by atoms with Gasteiger partial charge in [-0.15, -0.1) is 0 Å². The molecular weight excluding hydrogens is 398 g/mol. The lowest BCUT2D eigenvalue weighted by molar-refractivity contribution is -0.139. The Labute approximate surface area is 188 Å². The van der Waals surface area contributed by atoms with Crippen LogP contribution in [0.15, 0.2) is 78.4 Å². The lowest BCUT2D eigenvalue weighted by Gasteiger charge is -2.25. The minimum atomic E-state index is -0.637. The number of rotatable bonds is 5. The molecule has 0 aliphatic carbocycles. The highest BCUT2D eigenvalue weighted by Crippen LogP contribution is 2.40.